The fourth-order valence-electron chi connectivity index (χ4n) is 1.64. The second-order valence-corrected chi connectivity index (χ2v) is 4.55. The minimum Gasteiger partial charge on any atom is -0.481 e. The Bertz CT molecular complexity index is 459. The number of hydrogen-bond acceptors (Lipinski definition) is 4. The molecule has 1 aromatic rings. The maximum absolute atomic E-state index is 11.8. The van der Waals surface area contributed by atoms with Crippen molar-refractivity contribution in [3.63, 3.8) is 0 Å². The zero-order chi connectivity index (χ0) is 15.0. The van der Waals surface area contributed by atoms with Crippen LogP contribution in [0.25, 0.3) is 0 Å². The van der Waals surface area contributed by atoms with Gasteiger partial charge in [-0.2, -0.15) is 0 Å². The summed E-state index contributed by atoms with van der Waals surface area (Å²) in [5.41, 5.74) is 1.08. The summed E-state index contributed by atoms with van der Waals surface area (Å²) in [7, 11) is 1.35. The quantitative estimate of drug-likeness (QED) is 0.611. The lowest BCUT2D eigenvalue weighted by molar-refractivity contribution is -0.140. The molecule has 0 aliphatic heterocycles. The topological polar surface area (TPSA) is 64.6 Å². The van der Waals surface area contributed by atoms with Crippen LogP contribution in [0.15, 0.2) is 24.3 Å². The van der Waals surface area contributed by atoms with Gasteiger partial charge in [0.05, 0.1) is 7.11 Å². The third-order valence-electron chi connectivity index (χ3n) is 2.76. The summed E-state index contributed by atoms with van der Waals surface area (Å²) >= 11 is 0. The summed E-state index contributed by atoms with van der Waals surface area (Å²) in [6.07, 6.45) is 0.273. The van der Waals surface area contributed by atoms with E-state index < -0.39 is 6.10 Å². The summed E-state index contributed by atoms with van der Waals surface area (Å²) in [6, 6.07) is 7.53. The monoisotopic (exact) mass is 279 g/mol. The molecule has 0 spiro atoms. The maximum Gasteiger partial charge on any atom is 0.305 e. The van der Waals surface area contributed by atoms with Gasteiger partial charge in [0, 0.05) is 13.0 Å². The molecule has 1 atom stereocenters. The number of nitrogens with one attached hydrogen (secondary N) is 1. The molecule has 0 aliphatic carbocycles. The lowest BCUT2D eigenvalue weighted by Gasteiger charge is -2.14. The molecule has 20 heavy (non-hydrogen) atoms. The number of rotatable bonds is 7. The molecule has 0 bridgehead atoms. The van der Waals surface area contributed by atoms with Crippen molar-refractivity contribution in [1.82, 2.24) is 5.32 Å². The molecule has 0 aromatic heterocycles. The molecule has 1 amide bonds. The number of carbonyl (C=O) groups excluding carboxylic acids is 2. The van der Waals surface area contributed by atoms with Crippen LogP contribution in [0.5, 0.6) is 5.75 Å². The normalized spacial score (nSPS) is 11.6. The minimum absolute atomic E-state index is 0.198. The summed E-state index contributed by atoms with van der Waals surface area (Å²) < 4.78 is 10.1. The van der Waals surface area contributed by atoms with Crippen LogP contribution >= 0.6 is 0 Å². The van der Waals surface area contributed by atoms with E-state index in [-0.39, 0.29) is 11.9 Å². The number of carbonyl (C=O) groups is 2. The Hall–Kier alpha value is -2.04. The minimum atomic E-state index is -0.574. The van der Waals surface area contributed by atoms with E-state index in [1.54, 1.807) is 6.92 Å². The molecule has 0 saturated heterocycles. The molecule has 110 valence electrons. The van der Waals surface area contributed by atoms with Crippen LogP contribution in [0.1, 0.15) is 25.3 Å². The van der Waals surface area contributed by atoms with Gasteiger partial charge in [-0.15, -0.1) is 0 Å². The van der Waals surface area contributed by atoms with Crippen molar-refractivity contribution in [2.75, 3.05) is 13.7 Å². The van der Waals surface area contributed by atoms with Gasteiger partial charge in [-0.25, -0.2) is 0 Å². The predicted octanol–water partition coefficient (Wildman–Crippen LogP) is 1.83. The molecule has 0 radical (unpaired) electrons. The smallest absolute Gasteiger partial charge is 0.305 e. The van der Waals surface area contributed by atoms with E-state index in [2.05, 4.69) is 10.1 Å². The summed E-state index contributed by atoms with van der Waals surface area (Å²) in [6.45, 7) is 4.08. The number of amides is 1. The van der Waals surface area contributed by atoms with Crippen molar-refractivity contribution in [3.05, 3.63) is 29.8 Å². The lowest BCUT2D eigenvalue weighted by Crippen LogP contribution is -2.37. The fourth-order valence-corrected chi connectivity index (χ4v) is 1.64. The third kappa shape index (κ3) is 5.73. The molecular weight excluding hydrogens is 258 g/mol. The van der Waals surface area contributed by atoms with Crippen LogP contribution in [-0.2, 0) is 14.3 Å². The second-order valence-electron chi connectivity index (χ2n) is 4.55. The Balaban J connectivity index is 2.30. The van der Waals surface area contributed by atoms with E-state index in [9.17, 15) is 9.59 Å². The molecular formula is C15H21NO4. The van der Waals surface area contributed by atoms with Crippen LogP contribution < -0.4 is 10.1 Å². The summed E-state index contributed by atoms with van der Waals surface area (Å²) in [5.74, 6) is 0.196. The first-order chi connectivity index (χ1) is 9.52. The second kappa shape index (κ2) is 8.19. The zero-order valence-corrected chi connectivity index (χ0v) is 12.1. The predicted molar refractivity (Wildman–Crippen MR) is 75.5 cm³/mol. The summed E-state index contributed by atoms with van der Waals surface area (Å²) in [4.78, 5) is 22.7. The number of ether oxygens (including phenoxy) is 2. The van der Waals surface area contributed by atoms with Gasteiger partial charge in [-0.05, 0) is 38.0 Å². The molecule has 1 N–H and O–H groups in total. The van der Waals surface area contributed by atoms with E-state index in [4.69, 9.17) is 4.74 Å². The molecule has 1 rings (SSSR count). The average Bonchev–Trinajstić information content (AvgIpc) is 2.42. The maximum atomic E-state index is 11.8. The van der Waals surface area contributed by atoms with Crippen molar-refractivity contribution in [3.8, 4) is 5.75 Å². The highest BCUT2D eigenvalue weighted by molar-refractivity contribution is 5.80. The van der Waals surface area contributed by atoms with Crippen LogP contribution in [0.3, 0.4) is 0 Å². The van der Waals surface area contributed by atoms with E-state index in [0.29, 0.717) is 25.1 Å². The zero-order valence-electron chi connectivity index (χ0n) is 12.1. The van der Waals surface area contributed by atoms with Gasteiger partial charge in [0.1, 0.15) is 5.75 Å². The lowest BCUT2D eigenvalue weighted by atomic mass is 10.2. The Morgan fingerprint density at radius 2 is 2.10 bits per heavy atom. The van der Waals surface area contributed by atoms with Gasteiger partial charge in [0.15, 0.2) is 6.10 Å². The van der Waals surface area contributed by atoms with Crippen LogP contribution in [0, 0.1) is 6.92 Å². The fraction of sp³-hybridized carbons (Fsp3) is 0.467. The van der Waals surface area contributed by atoms with E-state index >= 15 is 0 Å². The summed E-state index contributed by atoms with van der Waals surface area (Å²) in [5, 5.41) is 2.73. The van der Waals surface area contributed by atoms with Crippen molar-refractivity contribution >= 4 is 11.9 Å². The first-order valence-corrected chi connectivity index (χ1v) is 6.60. The molecule has 5 heteroatoms. The number of hydrogen-bond donors (Lipinski definition) is 1. The Morgan fingerprint density at radius 1 is 1.35 bits per heavy atom. The van der Waals surface area contributed by atoms with Crippen molar-refractivity contribution < 1.29 is 19.1 Å². The first-order valence-electron chi connectivity index (χ1n) is 6.60. The molecule has 0 heterocycles. The Morgan fingerprint density at radius 3 is 2.75 bits per heavy atom. The standard InChI is InChI=1S/C15H21NO4/c1-11-6-4-7-13(10-11)20-12(2)15(18)16-9-5-8-14(17)19-3/h4,6-7,10,12H,5,8-9H2,1-3H3,(H,16,18). The van der Waals surface area contributed by atoms with E-state index in [1.165, 1.54) is 7.11 Å². The van der Waals surface area contributed by atoms with Gasteiger partial charge >= 0.3 is 5.97 Å². The highest BCUT2D eigenvalue weighted by atomic mass is 16.5. The molecule has 1 aromatic carbocycles. The van der Waals surface area contributed by atoms with E-state index in [0.717, 1.165) is 5.56 Å². The largest absolute Gasteiger partial charge is 0.481 e. The highest BCUT2D eigenvalue weighted by Crippen LogP contribution is 2.14. The number of esters is 1. The van der Waals surface area contributed by atoms with Gasteiger partial charge < -0.3 is 14.8 Å². The van der Waals surface area contributed by atoms with Gasteiger partial charge in [0.25, 0.3) is 5.91 Å². The third-order valence-corrected chi connectivity index (χ3v) is 2.76. The Labute approximate surface area is 119 Å². The van der Waals surface area contributed by atoms with Crippen molar-refractivity contribution in [2.24, 2.45) is 0 Å². The van der Waals surface area contributed by atoms with Gasteiger partial charge in [-0.3, -0.25) is 9.59 Å². The van der Waals surface area contributed by atoms with E-state index in [1.807, 2.05) is 31.2 Å². The molecule has 5 nitrogen and oxygen atoms in total. The molecule has 1 unspecified atom stereocenters. The van der Waals surface area contributed by atoms with Crippen LogP contribution in [0.2, 0.25) is 0 Å². The van der Waals surface area contributed by atoms with Gasteiger partial charge in [0.2, 0.25) is 0 Å². The molecule has 0 aliphatic rings. The highest BCUT2D eigenvalue weighted by Gasteiger charge is 2.14. The SMILES string of the molecule is COC(=O)CCCNC(=O)C(C)Oc1cccc(C)c1. The number of aryl methyl sites for hydroxylation is 1. The number of methoxy groups -OCH3 is 1. The first kappa shape index (κ1) is 16.0. The number of benzene rings is 1. The van der Waals surface area contributed by atoms with Crippen molar-refractivity contribution in [1.29, 1.82) is 0 Å². The Kier molecular flexibility index (Phi) is 6.56. The van der Waals surface area contributed by atoms with Crippen LogP contribution in [0.4, 0.5) is 0 Å². The van der Waals surface area contributed by atoms with Crippen molar-refractivity contribution in [2.45, 2.75) is 32.8 Å². The van der Waals surface area contributed by atoms with Gasteiger partial charge in [-0.1, -0.05) is 12.1 Å². The average molecular weight is 279 g/mol. The van der Waals surface area contributed by atoms with Crippen LogP contribution in [-0.4, -0.2) is 31.6 Å². The molecule has 0 saturated carbocycles. The molecule has 0 fully saturated rings.